The summed E-state index contributed by atoms with van der Waals surface area (Å²) in [6.45, 7) is 3.33. The average Bonchev–Trinajstić information content (AvgIpc) is 2.70. The van der Waals surface area contributed by atoms with Gasteiger partial charge >= 0.3 is 0 Å². The van der Waals surface area contributed by atoms with Crippen LogP contribution in [0, 0.1) is 5.92 Å². The standard InChI is InChI=1S/C8H15BrN2/c1-5-4-10-7(6-2-3-6)8(9)11-5/h5-8,10-11H,2-4H2,1H3. The van der Waals surface area contributed by atoms with Crippen LogP contribution in [0.4, 0.5) is 0 Å². The van der Waals surface area contributed by atoms with Gasteiger partial charge in [0.1, 0.15) is 0 Å². The Bertz CT molecular complexity index is 147. The van der Waals surface area contributed by atoms with E-state index in [1.165, 1.54) is 12.8 Å². The van der Waals surface area contributed by atoms with Crippen molar-refractivity contribution in [1.82, 2.24) is 10.6 Å². The molecule has 0 aromatic rings. The number of hydrogen-bond donors (Lipinski definition) is 2. The molecule has 1 saturated heterocycles. The average molecular weight is 219 g/mol. The van der Waals surface area contributed by atoms with Gasteiger partial charge in [0.2, 0.25) is 0 Å². The highest BCUT2D eigenvalue weighted by Crippen LogP contribution is 2.36. The molecule has 2 N–H and O–H groups in total. The fraction of sp³-hybridized carbons (Fsp3) is 1.00. The van der Waals surface area contributed by atoms with Gasteiger partial charge in [0.15, 0.2) is 0 Å². The molecule has 0 aromatic carbocycles. The molecule has 2 aliphatic rings. The van der Waals surface area contributed by atoms with Crippen LogP contribution >= 0.6 is 15.9 Å². The first-order valence-corrected chi connectivity index (χ1v) is 5.32. The third-order valence-electron chi connectivity index (χ3n) is 2.55. The van der Waals surface area contributed by atoms with Crippen LogP contribution in [-0.4, -0.2) is 23.6 Å². The highest BCUT2D eigenvalue weighted by atomic mass is 79.9. The molecule has 11 heavy (non-hydrogen) atoms. The van der Waals surface area contributed by atoms with E-state index in [2.05, 4.69) is 33.5 Å². The van der Waals surface area contributed by atoms with Gasteiger partial charge in [-0.1, -0.05) is 15.9 Å². The van der Waals surface area contributed by atoms with E-state index >= 15 is 0 Å². The molecule has 2 fully saturated rings. The van der Waals surface area contributed by atoms with Crippen molar-refractivity contribution in [3.63, 3.8) is 0 Å². The van der Waals surface area contributed by atoms with Crippen molar-refractivity contribution in [1.29, 1.82) is 0 Å². The first-order chi connectivity index (χ1) is 5.27. The fourth-order valence-corrected chi connectivity index (χ4v) is 2.78. The monoisotopic (exact) mass is 218 g/mol. The second kappa shape index (κ2) is 3.04. The summed E-state index contributed by atoms with van der Waals surface area (Å²) in [6.07, 6.45) is 2.83. The first kappa shape index (κ1) is 8.02. The molecule has 1 aliphatic carbocycles. The number of rotatable bonds is 1. The van der Waals surface area contributed by atoms with Crippen molar-refractivity contribution in [2.45, 2.75) is 36.8 Å². The van der Waals surface area contributed by atoms with Crippen molar-refractivity contribution >= 4 is 15.9 Å². The van der Waals surface area contributed by atoms with E-state index in [4.69, 9.17) is 0 Å². The lowest BCUT2D eigenvalue weighted by molar-refractivity contribution is 0.319. The molecule has 0 spiro atoms. The van der Waals surface area contributed by atoms with Crippen molar-refractivity contribution in [3.05, 3.63) is 0 Å². The van der Waals surface area contributed by atoms with Crippen LogP contribution in [0.15, 0.2) is 0 Å². The molecule has 1 aliphatic heterocycles. The minimum absolute atomic E-state index is 0.485. The quantitative estimate of drug-likeness (QED) is 0.509. The predicted molar refractivity (Wildman–Crippen MR) is 49.8 cm³/mol. The smallest absolute Gasteiger partial charge is 0.0791 e. The molecule has 2 nitrogen and oxygen atoms in total. The van der Waals surface area contributed by atoms with Gasteiger partial charge < -0.3 is 5.32 Å². The molecule has 3 heteroatoms. The zero-order valence-corrected chi connectivity index (χ0v) is 8.39. The van der Waals surface area contributed by atoms with Crippen LogP contribution in [0.3, 0.4) is 0 Å². The third-order valence-corrected chi connectivity index (χ3v) is 3.38. The molecule has 2 rings (SSSR count). The van der Waals surface area contributed by atoms with E-state index in [1.54, 1.807) is 0 Å². The predicted octanol–water partition coefficient (Wildman–Crippen LogP) is 1.07. The Morgan fingerprint density at radius 3 is 2.64 bits per heavy atom. The van der Waals surface area contributed by atoms with Gasteiger partial charge in [0.05, 0.1) is 4.95 Å². The lowest BCUT2D eigenvalue weighted by Crippen LogP contribution is -2.58. The molecule has 1 saturated carbocycles. The maximum Gasteiger partial charge on any atom is 0.0791 e. The molecule has 0 radical (unpaired) electrons. The van der Waals surface area contributed by atoms with E-state index in [0.29, 0.717) is 17.0 Å². The Kier molecular flexibility index (Phi) is 2.21. The van der Waals surface area contributed by atoms with Crippen molar-refractivity contribution < 1.29 is 0 Å². The molecular formula is C8H15BrN2. The largest absolute Gasteiger partial charge is 0.310 e. The second-order valence-corrected chi connectivity index (χ2v) is 4.73. The lowest BCUT2D eigenvalue weighted by Gasteiger charge is -2.34. The number of nitrogens with one attached hydrogen (secondary N) is 2. The fourth-order valence-electron chi connectivity index (χ4n) is 1.71. The summed E-state index contributed by atoms with van der Waals surface area (Å²) in [5.41, 5.74) is 0. The molecule has 64 valence electrons. The minimum Gasteiger partial charge on any atom is -0.310 e. The number of hydrogen-bond acceptors (Lipinski definition) is 2. The van der Waals surface area contributed by atoms with Crippen LogP contribution in [-0.2, 0) is 0 Å². The van der Waals surface area contributed by atoms with Crippen LogP contribution in [0.2, 0.25) is 0 Å². The summed E-state index contributed by atoms with van der Waals surface area (Å²) >= 11 is 3.66. The van der Waals surface area contributed by atoms with Gasteiger partial charge in [-0.3, -0.25) is 5.32 Å². The summed E-state index contributed by atoms with van der Waals surface area (Å²) in [7, 11) is 0. The van der Waals surface area contributed by atoms with Gasteiger partial charge in [-0.15, -0.1) is 0 Å². The summed E-state index contributed by atoms with van der Waals surface area (Å²) in [5, 5.41) is 7.08. The second-order valence-electron chi connectivity index (χ2n) is 3.74. The zero-order chi connectivity index (χ0) is 7.84. The third kappa shape index (κ3) is 1.76. The van der Waals surface area contributed by atoms with E-state index in [9.17, 15) is 0 Å². The summed E-state index contributed by atoms with van der Waals surface area (Å²) in [5.74, 6) is 0.930. The maximum atomic E-state index is 3.66. The molecule has 0 amide bonds. The van der Waals surface area contributed by atoms with Crippen molar-refractivity contribution in [2.24, 2.45) is 5.92 Å². The number of alkyl halides is 1. The molecule has 3 unspecified atom stereocenters. The van der Waals surface area contributed by atoms with Crippen LogP contribution < -0.4 is 10.6 Å². The summed E-state index contributed by atoms with van der Waals surface area (Å²) in [6, 6.07) is 1.28. The van der Waals surface area contributed by atoms with Gasteiger partial charge in [-0.25, -0.2) is 0 Å². The van der Waals surface area contributed by atoms with E-state index < -0.39 is 0 Å². The van der Waals surface area contributed by atoms with Gasteiger partial charge in [-0.05, 0) is 25.7 Å². The van der Waals surface area contributed by atoms with E-state index in [1.807, 2.05) is 0 Å². The van der Waals surface area contributed by atoms with E-state index in [0.717, 1.165) is 12.5 Å². The molecule has 0 bridgehead atoms. The lowest BCUT2D eigenvalue weighted by atomic mass is 10.1. The Hall–Kier alpha value is 0.400. The normalized spacial score (nSPS) is 45.8. The number of halogens is 1. The zero-order valence-electron chi connectivity index (χ0n) is 6.81. The Balaban J connectivity index is 1.90. The molecule has 0 aromatic heterocycles. The van der Waals surface area contributed by atoms with Crippen molar-refractivity contribution in [3.8, 4) is 0 Å². The van der Waals surface area contributed by atoms with E-state index in [-0.39, 0.29) is 0 Å². The van der Waals surface area contributed by atoms with Crippen LogP contribution in [0.5, 0.6) is 0 Å². The Morgan fingerprint density at radius 1 is 1.36 bits per heavy atom. The van der Waals surface area contributed by atoms with Crippen LogP contribution in [0.25, 0.3) is 0 Å². The van der Waals surface area contributed by atoms with Crippen LogP contribution in [0.1, 0.15) is 19.8 Å². The Morgan fingerprint density at radius 2 is 2.09 bits per heavy atom. The first-order valence-electron chi connectivity index (χ1n) is 4.41. The van der Waals surface area contributed by atoms with Gasteiger partial charge in [0.25, 0.3) is 0 Å². The SMILES string of the molecule is CC1CNC(C2CC2)C(Br)N1. The maximum absolute atomic E-state index is 3.66. The summed E-state index contributed by atoms with van der Waals surface area (Å²) in [4.78, 5) is 0.485. The molecule has 3 atom stereocenters. The highest BCUT2D eigenvalue weighted by molar-refractivity contribution is 9.09. The minimum atomic E-state index is 0.485. The summed E-state index contributed by atoms with van der Waals surface area (Å²) < 4.78 is 0. The van der Waals surface area contributed by atoms with Gasteiger partial charge in [0, 0.05) is 18.6 Å². The topological polar surface area (TPSA) is 24.1 Å². The highest BCUT2D eigenvalue weighted by Gasteiger charge is 2.37. The van der Waals surface area contributed by atoms with Crippen molar-refractivity contribution in [2.75, 3.05) is 6.54 Å². The molecule has 1 heterocycles. The van der Waals surface area contributed by atoms with Gasteiger partial charge in [-0.2, -0.15) is 0 Å². The molecular weight excluding hydrogens is 204 g/mol. The number of piperazine rings is 1. The Labute approximate surface area is 76.2 Å².